The summed E-state index contributed by atoms with van der Waals surface area (Å²) >= 11 is 0. The van der Waals surface area contributed by atoms with E-state index >= 15 is 0 Å². The lowest BCUT2D eigenvalue weighted by Crippen LogP contribution is -2.04. The van der Waals surface area contributed by atoms with Crippen LogP contribution in [0.4, 0.5) is 0 Å². The zero-order chi connectivity index (χ0) is 9.90. The molecule has 6 heteroatoms. The van der Waals surface area contributed by atoms with Gasteiger partial charge in [0.2, 0.25) is 5.50 Å². The second-order valence-electron chi connectivity index (χ2n) is 2.16. The molecule has 5 nitrogen and oxygen atoms in total. The first-order valence-corrected chi connectivity index (χ1v) is 4.97. The second-order valence-corrected chi connectivity index (χ2v) is 4.32. The Bertz CT molecular complexity index is 334. The van der Waals surface area contributed by atoms with Crippen LogP contribution in [0, 0.1) is 0 Å². The lowest BCUT2D eigenvalue weighted by atomic mass is 10.5. The molecule has 0 aliphatic heterocycles. The highest BCUT2D eigenvalue weighted by Crippen LogP contribution is 2.45. The van der Waals surface area contributed by atoms with E-state index in [4.69, 9.17) is 4.42 Å². The predicted molar refractivity (Wildman–Crippen MR) is 45.4 cm³/mol. The van der Waals surface area contributed by atoms with Gasteiger partial charge in [-0.25, -0.2) is 0 Å². The fourth-order valence-corrected chi connectivity index (χ4v) is 1.79. The topological polar surface area (TPSA) is 65.7 Å². The molecule has 0 aromatic carbocycles. The third-order valence-corrected chi connectivity index (χ3v) is 3.22. The Morgan fingerprint density at radius 2 is 2.00 bits per heavy atom. The summed E-state index contributed by atoms with van der Waals surface area (Å²) in [6.07, 6.45) is 0.513. The van der Waals surface area contributed by atoms with E-state index < -0.39 is 7.60 Å². The van der Waals surface area contributed by atoms with Crippen LogP contribution < -0.4 is 5.50 Å². The highest BCUT2D eigenvalue weighted by molar-refractivity contribution is 7.61. The Morgan fingerprint density at radius 3 is 2.38 bits per heavy atom. The molecule has 0 radical (unpaired) electrons. The van der Waals surface area contributed by atoms with E-state index in [2.05, 4.69) is 9.05 Å². The lowest BCUT2D eigenvalue weighted by molar-refractivity contribution is 0.110. The molecule has 0 aliphatic carbocycles. The minimum absolute atomic E-state index is 0.0274. The smallest absolute Gasteiger partial charge is 0.395 e. The van der Waals surface area contributed by atoms with Crippen LogP contribution in [-0.2, 0) is 13.6 Å². The molecule has 0 bridgehead atoms. The molecule has 1 heterocycles. The molecule has 0 N–H and O–H groups in total. The van der Waals surface area contributed by atoms with Gasteiger partial charge in [-0.05, 0) is 12.1 Å². The van der Waals surface area contributed by atoms with Gasteiger partial charge in [-0.1, -0.05) is 0 Å². The minimum atomic E-state index is -3.35. The van der Waals surface area contributed by atoms with Gasteiger partial charge >= 0.3 is 7.60 Å². The Hall–Kier alpha value is -0.900. The zero-order valence-electron chi connectivity index (χ0n) is 7.22. The standard InChI is InChI=1S/C7H9O5P/c1-10-13(9,11-2)7-4-3-6(5-8)12-7/h3-5H,1-2H3. The Balaban J connectivity index is 3.05. The molecule has 1 rings (SSSR count). The number of carbonyl (C=O) groups is 1. The van der Waals surface area contributed by atoms with Crippen molar-refractivity contribution in [1.29, 1.82) is 0 Å². The molecule has 0 spiro atoms. The molecular weight excluding hydrogens is 195 g/mol. The van der Waals surface area contributed by atoms with Crippen molar-refractivity contribution in [3.8, 4) is 0 Å². The molecule has 13 heavy (non-hydrogen) atoms. The fourth-order valence-electron chi connectivity index (χ4n) is 0.807. The molecule has 0 atom stereocenters. The van der Waals surface area contributed by atoms with Gasteiger partial charge in [0.05, 0.1) is 0 Å². The third-order valence-electron chi connectivity index (χ3n) is 1.48. The average molecular weight is 204 g/mol. The number of aldehydes is 1. The molecule has 1 aromatic heterocycles. The predicted octanol–water partition coefficient (Wildman–Crippen LogP) is 1.20. The van der Waals surface area contributed by atoms with E-state index in [-0.39, 0.29) is 11.3 Å². The van der Waals surface area contributed by atoms with Gasteiger partial charge < -0.3 is 13.5 Å². The van der Waals surface area contributed by atoms with Crippen molar-refractivity contribution in [2.75, 3.05) is 14.2 Å². The summed E-state index contributed by atoms with van der Waals surface area (Å²) in [5.74, 6) is 0.0873. The summed E-state index contributed by atoms with van der Waals surface area (Å²) in [6.45, 7) is 0. The van der Waals surface area contributed by atoms with Gasteiger partial charge in [0.15, 0.2) is 12.0 Å². The maximum Gasteiger partial charge on any atom is 0.395 e. The van der Waals surface area contributed by atoms with E-state index in [0.29, 0.717) is 6.29 Å². The van der Waals surface area contributed by atoms with Gasteiger partial charge in [-0.3, -0.25) is 9.36 Å². The molecule has 0 saturated heterocycles. The third kappa shape index (κ3) is 1.88. The van der Waals surface area contributed by atoms with E-state index in [0.717, 1.165) is 0 Å². The van der Waals surface area contributed by atoms with Gasteiger partial charge in [-0.2, -0.15) is 0 Å². The molecule has 0 saturated carbocycles. The minimum Gasteiger partial charge on any atom is -0.445 e. The number of carbonyl (C=O) groups excluding carboxylic acids is 1. The van der Waals surface area contributed by atoms with Crippen molar-refractivity contribution in [2.45, 2.75) is 0 Å². The van der Waals surface area contributed by atoms with Crippen LogP contribution in [0.15, 0.2) is 16.5 Å². The summed E-state index contributed by atoms with van der Waals surface area (Å²) in [6, 6.07) is 2.78. The quantitative estimate of drug-likeness (QED) is 0.544. The summed E-state index contributed by atoms with van der Waals surface area (Å²) in [7, 11) is -0.865. The van der Waals surface area contributed by atoms with Crippen LogP contribution in [-0.4, -0.2) is 20.5 Å². The number of hydrogen-bond acceptors (Lipinski definition) is 5. The van der Waals surface area contributed by atoms with E-state index in [1.807, 2.05) is 0 Å². The molecular formula is C7H9O5P. The number of rotatable bonds is 4. The number of furan rings is 1. The van der Waals surface area contributed by atoms with Crippen molar-refractivity contribution < 1.29 is 22.8 Å². The first-order valence-electron chi connectivity index (χ1n) is 3.43. The van der Waals surface area contributed by atoms with Crippen LogP contribution in [0.25, 0.3) is 0 Å². The summed E-state index contributed by atoms with van der Waals surface area (Å²) in [4.78, 5) is 10.3. The molecule has 72 valence electrons. The van der Waals surface area contributed by atoms with Crippen LogP contribution in [0.1, 0.15) is 10.6 Å². The van der Waals surface area contributed by atoms with Crippen LogP contribution in [0.3, 0.4) is 0 Å². The first-order chi connectivity index (χ1) is 6.16. The molecule has 0 amide bonds. The van der Waals surface area contributed by atoms with E-state index in [1.54, 1.807) is 0 Å². The first kappa shape index (κ1) is 10.2. The molecule has 0 aliphatic rings. The van der Waals surface area contributed by atoms with Crippen LogP contribution in [0.5, 0.6) is 0 Å². The van der Waals surface area contributed by atoms with Gasteiger partial charge in [0.25, 0.3) is 0 Å². The normalized spacial score (nSPS) is 11.5. The van der Waals surface area contributed by atoms with Crippen LogP contribution >= 0.6 is 7.60 Å². The SMILES string of the molecule is COP(=O)(OC)c1ccc(C=O)o1. The highest BCUT2D eigenvalue weighted by Gasteiger charge is 2.28. The summed E-state index contributed by atoms with van der Waals surface area (Å²) < 4.78 is 25.8. The van der Waals surface area contributed by atoms with Gasteiger partial charge in [0, 0.05) is 14.2 Å². The maximum atomic E-state index is 11.6. The van der Waals surface area contributed by atoms with Gasteiger partial charge in [0.1, 0.15) is 0 Å². The maximum absolute atomic E-state index is 11.6. The van der Waals surface area contributed by atoms with Crippen molar-refractivity contribution >= 4 is 19.4 Å². The summed E-state index contributed by atoms with van der Waals surface area (Å²) in [5, 5.41) is 0. The van der Waals surface area contributed by atoms with E-state index in [9.17, 15) is 9.36 Å². The Kier molecular flexibility index (Phi) is 3.03. The lowest BCUT2D eigenvalue weighted by Gasteiger charge is -2.09. The van der Waals surface area contributed by atoms with Crippen molar-refractivity contribution in [2.24, 2.45) is 0 Å². The van der Waals surface area contributed by atoms with Gasteiger partial charge in [-0.15, -0.1) is 0 Å². The van der Waals surface area contributed by atoms with Crippen molar-refractivity contribution in [1.82, 2.24) is 0 Å². The summed E-state index contributed by atoms with van der Waals surface area (Å²) in [5.41, 5.74) is 0.0274. The fraction of sp³-hybridized carbons (Fsp3) is 0.286. The largest absolute Gasteiger partial charge is 0.445 e. The molecule has 1 aromatic rings. The van der Waals surface area contributed by atoms with Crippen molar-refractivity contribution in [3.05, 3.63) is 17.9 Å². The average Bonchev–Trinajstić information content (AvgIpc) is 2.65. The molecule has 0 unspecified atom stereocenters. The second kappa shape index (κ2) is 3.87. The van der Waals surface area contributed by atoms with Crippen LogP contribution in [0.2, 0.25) is 0 Å². The highest BCUT2D eigenvalue weighted by atomic mass is 31.2. The van der Waals surface area contributed by atoms with Crippen molar-refractivity contribution in [3.63, 3.8) is 0 Å². The molecule has 0 fully saturated rings. The van der Waals surface area contributed by atoms with E-state index in [1.165, 1.54) is 26.4 Å². The number of hydrogen-bond donors (Lipinski definition) is 0. The Morgan fingerprint density at radius 1 is 1.38 bits per heavy atom. The monoisotopic (exact) mass is 204 g/mol. The Labute approximate surface area is 75.2 Å². The zero-order valence-corrected chi connectivity index (χ0v) is 8.11.